The highest BCUT2D eigenvalue weighted by atomic mass is 35.5. The van der Waals surface area contributed by atoms with Crippen molar-refractivity contribution in [2.24, 2.45) is 5.92 Å². The van der Waals surface area contributed by atoms with Gasteiger partial charge in [-0.25, -0.2) is 9.59 Å². The predicted molar refractivity (Wildman–Crippen MR) is 137 cm³/mol. The summed E-state index contributed by atoms with van der Waals surface area (Å²) in [4.78, 5) is 40.4. The number of benzene rings is 2. The van der Waals surface area contributed by atoms with Gasteiger partial charge in [-0.1, -0.05) is 41.4 Å². The van der Waals surface area contributed by atoms with Crippen molar-refractivity contribution in [1.29, 1.82) is 0 Å². The lowest BCUT2D eigenvalue weighted by molar-refractivity contribution is -0.151. The molecule has 0 saturated heterocycles. The Hall–Kier alpha value is -3.37. The number of hydrogen-bond donors (Lipinski definition) is 0. The molecule has 2 aromatic carbocycles. The minimum absolute atomic E-state index is 0.149. The summed E-state index contributed by atoms with van der Waals surface area (Å²) in [6, 6.07) is 11.4. The van der Waals surface area contributed by atoms with Gasteiger partial charge in [0.05, 0.1) is 23.1 Å². The Labute approximate surface area is 223 Å². The summed E-state index contributed by atoms with van der Waals surface area (Å²) in [7, 11) is 1.59. The van der Waals surface area contributed by atoms with Crippen LogP contribution in [0.3, 0.4) is 0 Å². The van der Waals surface area contributed by atoms with Crippen LogP contribution in [0.5, 0.6) is 5.75 Å². The second kappa shape index (κ2) is 11.8. The molecule has 1 aliphatic rings. The number of esters is 1. The van der Waals surface area contributed by atoms with Crippen molar-refractivity contribution < 1.29 is 19.1 Å². The second-order valence-electron chi connectivity index (χ2n) is 8.69. The first-order valence-electron chi connectivity index (χ1n) is 11.9. The molecule has 1 heterocycles. The van der Waals surface area contributed by atoms with E-state index in [4.69, 9.17) is 32.7 Å². The van der Waals surface area contributed by atoms with Crippen LogP contribution in [0.2, 0.25) is 10.0 Å². The van der Waals surface area contributed by atoms with Gasteiger partial charge in [-0.2, -0.15) is 4.68 Å². The fraction of sp³-hybridized carbons (Fsp3) is 0.400. The topological polar surface area (TPSA) is 109 Å². The molecule has 1 aliphatic carbocycles. The molecule has 37 heavy (non-hydrogen) atoms. The number of amides is 1. The summed E-state index contributed by atoms with van der Waals surface area (Å²) in [5.74, 6) is 0.245. The number of para-hydroxylation sites is 1. The molecule has 4 rings (SSSR count). The summed E-state index contributed by atoms with van der Waals surface area (Å²) >= 11 is 12.4. The van der Waals surface area contributed by atoms with E-state index < -0.39 is 11.7 Å². The summed E-state index contributed by atoms with van der Waals surface area (Å²) < 4.78 is 12.3. The third-order valence-corrected chi connectivity index (χ3v) is 7.12. The van der Waals surface area contributed by atoms with Gasteiger partial charge in [0.1, 0.15) is 18.0 Å². The van der Waals surface area contributed by atoms with Crippen molar-refractivity contribution in [1.82, 2.24) is 24.7 Å². The third kappa shape index (κ3) is 5.80. The van der Waals surface area contributed by atoms with Crippen molar-refractivity contribution in [3.63, 3.8) is 0 Å². The lowest BCUT2D eigenvalue weighted by Crippen LogP contribution is -2.47. The SMILES string of the molecule is CCN(C(=O)n1nnn(-c2c(Cl)cccc2Cl)c1=O)C1CCC(C(=O)OCc2ccc(OC)cc2)CC1. The molecule has 0 spiro atoms. The first-order valence-corrected chi connectivity index (χ1v) is 12.7. The minimum atomic E-state index is -0.769. The molecule has 0 N–H and O–H groups in total. The number of halogens is 2. The largest absolute Gasteiger partial charge is 0.497 e. The molecule has 0 unspecified atom stereocenters. The first kappa shape index (κ1) is 26.7. The van der Waals surface area contributed by atoms with Gasteiger partial charge in [-0.15, -0.1) is 4.68 Å². The molecule has 0 bridgehead atoms. The lowest BCUT2D eigenvalue weighted by Gasteiger charge is -2.35. The fourth-order valence-electron chi connectivity index (χ4n) is 4.49. The van der Waals surface area contributed by atoms with Crippen molar-refractivity contribution in [2.75, 3.05) is 13.7 Å². The highest BCUT2D eigenvalue weighted by Crippen LogP contribution is 2.30. The predicted octanol–water partition coefficient (Wildman–Crippen LogP) is 4.34. The second-order valence-corrected chi connectivity index (χ2v) is 9.50. The summed E-state index contributed by atoms with van der Waals surface area (Å²) in [6.45, 7) is 2.38. The van der Waals surface area contributed by atoms with Gasteiger partial charge in [0.25, 0.3) is 0 Å². The molecule has 12 heteroatoms. The molecule has 0 aliphatic heterocycles. The fourth-order valence-corrected chi connectivity index (χ4v) is 5.04. The van der Waals surface area contributed by atoms with Crippen molar-refractivity contribution >= 4 is 35.2 Å². The van der Waals surface area contributed by atoms with Gasteiger partial charge in [0, 0.05) is 12.6 Å². The Morgan fingerprint density at radius 2 is 1.68 bits per heavy atom. The highest BCUT2D eigenvalue weighted by Gasteiger charge is 2.33. The van der Waals surface area contributed by atoms with Crippen LogP contribution in [0.4, 0.5) is 4.79 Å². The minimum Gasteiger partial charge on any atom is -0.497 e. The molecule has 1 aromatic heterocycles. The van der Waals surface area contributed by atoms with Crippen LogP contribution >= 0.6 is 23.2 Å². The van der Waals surface area contributed by atoms with E-state index in [1.807, 2.05) is 31.2 Å². The zero-order valence-corrected chi connectivity index (χ0v) is 22.0. The Bertz CT molecular complexity index is 1300. The molecule has 0 radical (unpaired) electrons. The zero-order chi connectivity index (χ0) is 26.5. The molecule has 1 saturated carbocycles. The maximum atomic E-state index is 13.2. The first-order chi connectivity index (χ1) is 17.8. The summed E-state index contributed by atoms with van der Waals surface area (Å²) in [5.41, 5.74) is 0.267. The highest BCUT2D eigenvalue weighted by molar-refractivity contribution is 6.37. The van der Waals surface area contributed by atoms with Crippen LogP contribution in [-0.2, 0) is 16.1 Å². The van der Waals surface area contributed by atoms with Crippen LogP contribution in [0.25, 0.3) is 5.69 Å². The van der Waals surface area contributed by atoms with E-state index in [1.54, 1.807) is 30.2 Å². The molecule has 1 fully saturated rings. The van der Waals surface area contributed by atoms with Gasteiger partial charge in [-0.05, 0) is 72.9 Å². The van der Waals surface area contributed by atoms with E-state index in [-0.39, 0.29) is 40.3 Å². The molecular weight excluding hydrogens is 521 g/mol. The van der Waals surface area contributed by atoms with Gasteiger partial charge in [0.15, 0.2) is 0 Å². The van der Waals surface area contributed by atoms with Gasteiger partial charge >= 0.3 is 17.7 Å². The zero-order valence-electron chi connectivity index (χ0n) is 20.5. The number of carbonyl (C=O) groups excluding carboxylic acids is 2. The molecule has 196 valence electrons. The molecule has 1 amide bonds. The van der Waals surface area contributed by atoms with Crippen molar-refractivity contribution in [3.05, 3.63) is 68.6 Å². The van der Waals surface area contributed by atoms with Gasteiger partial charge in [-0.3, -0.25) is 4.79 Å². The number of tetrazole rings is 1. The quantitative estimate of drug-likeness (QED) is 0.319. The van der Waals surface area contributed by atoms with Crippen LogP contribution in [0.1, 0.15) is 38.2 Å². The molecule has 3 aromatic rings. The number of methoxy groups -OCH3 is 1. The number of rotatable bonds is 7. The molecule has 10 nitrogen and oxygen atoms in total. The Morgan fingerprint density at radius 3 is 2.27 bits per heavy atom. The number of carbonyl (C=O) groups is 2. The average Bonchev–Trinajstić information content (AvgIpc) is 3.29. The molecular formula is C25H27Cl2N5O5. The van der Waals surface area contributed by atoms with Crippen molar-refractivity contribution in [3.8, 4) is 11.4 Å². The molecule has 0 atom stereocenters. The average molecular weight is 548 g/mol. The summed E-state index contributed by atoms with van der Waals surface area (Å²) in [6.07, 6.45) is 2.35. The van der Waals surface area contributed by atoms with Gasteiger partial charge < -0.3 is 14.4 Å². The third-order valence-electron chi connectivity index (χ3n) is 6.51. The van der Waals surface area contributed by atoms with E-state index in [0.29, 0.717) is 36.9 Å². The number of aromatic nitrogens is 4. The number of hydrogen-bond acceptors (Lipinski definition) is 7. The number of nitrogens with zero attached hydrogens (tertiary/aromatic N) is 5. The van der Waals surface area contributed by atoms with E-state index in [9.17, 15) is 14.4 Å². The standard InChI is InChI=1S/C25H27Cl2N5O5/c1-3-30(24(34)32-25(35)31(28-29-32)22-20(26)5-4-6-21(22)27)18-11-9-17(10-12-18)23(33)37-15-16-7-13-19(36-2)14-8-16/h4-8,13-14,17-18H,3,9-12,15H2,1-2H3. The summed E-state index contributed by atoms with van der Waals surface area (Å²) in [5, 5.41) is 8.00. The van der Waals surface area contributed by atoms with E-state index in [0.717, 1.165) is 16.0 Å². The Morgan fingerprint density at radius 1 is 1.03 bits per heavy atom. The maximum absolute atomic E-state index is 13.2. The lowest BCUT2D eigenvalue weighted by atomic mass is 9.85. The maximum Gasteiger partial charge on any atom is 0.377 e. The Kier molecular flexibility index (Phi) is 8.50. The Balaban J connectivity index is 1.37. The van der Waals surface area contributed by atoms with Gasteiger partial charge in [0.2, 0.25) is 0 Å². The van der Waals surface area contributed by atoms with Crippen LogP contribution < -0.4 is 10.4 Å². The van der Waals surface area contributed by atoms with Crippen LogP contribution in [-0.4, -0.2) is 56.4 Å². The van der Waals surface area contributed by atoms with Crippen LogP contribution in [0, 0.1) is 5.92 Å². The normalized spacial score (nSPS) is 17.3. The smallest absolute Gasteiger partial charge is 0.377 e. The van der Waals surface area contributed by atoms with Crippen LogP contribution in [0.15, 0.2) is 47.3 Å². The monoisotopic (exact) mass is 547 g/mol. The van der Waals surface area contributed by atoms with E-state index >= 15 is 0 Å². The van der Waals surface area contributed by atoms with E-state index in [1.165, 1.54) is 0 Å². The van der Waals surface area contributed by atoms with Crippen molar-refractivity contribution in [2.45, 2.75) is 45.3 Å². The van der Waals surface area contributed by atoms with E-state index in [2.05, 4.69) is 10.4 Å². The number of ether oxygens (including phenoxy) is 2.